The summed E-state index contributed by atoms with van der Waals surface area (Å²) in [5.74, 6) is -0.0561. The second-order valence-electron chi connectivity index (χ2n) is 7.09. The van der Waals surface area contributed by atoms with Crippen molar-refractivity contribution in [2.24, 2.45) is 0 Å². The van der Waals surface area contributed by atoms with E-state index in [2.05, 4.69) is 19.2 Å². The van der Waals surface area contributed by atoms with E-state index in [0.717, 1.165) is 31.4 Å². The van der Waals surface area contributed by atoms with Gasteiger partial charge in [-0.05, 0) is 37.3 Å². The van der Waals surface area contributed by atoms with Crippen LogP contribution in [0.25, 0.3) is 0 Å². The van der Waals surface area contributed by atoms with Gasteiger partial charge in [0.05, 0.1) is 12.2 Å². The Balaban J connectivity index is 1.99. The molecule has 1 N–H and O–H groups in total. The molecule has 2 heterocycles. The Morgan fingerprint density at radius 3 is 2.65 bits per heavy atom. The van der Waals surface area contributed by atoms with E-state index >= 15 is 0 Å². The van der Waals surface area contributed by atoms with Gasteiger partial charge in [0.2, 0.25) is 11.8 Å². The van der Waals surface area contributed by atoms with Crippen LogP contribution in [0.5, 0.6) is 5.75 Å². The van der Waals surface area contributed by atoms with Crippen LogP contribution < -0.4 is 15.0 Å². The highest BCUT2D eigenvalue weighted by molar-refractivity contribution is 6.01. The normalized spacial score (nSPS) is 20.0. The molecule has 0 aliphatic carbocycles. The molecule has 1 saturated heterocycles. The van der Waals surface area contributed by atoms with Gasteiger partial charge in [-0.25, -0.2) is 4.39 Å². The number of carbonyl (C=O) groups excluding carboxylic acids is 2. The number of halogens is 1. The quantitative estimate of drug-likeness (QED) is 0.787. The minimum absolute atomic E-state index is 0.113. The minimum atomic E-state index is -0.413. The molecule has 0 radical (unpaired) electrons. The molecule has 0 spiro atoms. The van der Waals surface area contributed by atoms with E-state index in [4.69, 9.17) is 4.74 Å². The summed E-state index contributed by atoms with van der Waals surface area (Å²) in [4.78, 5) is 25.7. The van der Waals surface area contributed by atoms with Crippen molar-refractivity contribution in [3.63, 3.8) is 0 Å². The van der Waals surface area contributed by atoms with E-state index in [9.17, 15) is 14.0 Å². The Morgan fingerprint density at radius 2 is 2.00 bits per heavy atom. The number of benzene rings is 1. The molecule has 3 rings (SSSR count). The van der Waals surface area contributed by atoms with Crippen molar-refractivity contribution in [2.45, 2.75) is 64.3 Å². The van der Waals surface area contributed by atoms with E-state index in [-0.39, 0.29) is 23.5 Å². The number of nitrogens with one attached hydrogen (secondary N) is 1. The number of piperidine rings is 1. The Labute approximate surface area is 153 Å². The number of carbonyl (C=O) groups is 2. The minimum Gasteiger partial charge on any atom is -0.489 e. The van der Waals surface area contributed by atoms with Gasteiger partial charge in [-0.15, -0.1) is 0 Å². The molecule has 5 nitrogen and oxygen atoms in total. The highest BCUT2D eigenvalue weighted by Crippen LogP contribution is 2.44. The van der Waals surface area contributed by atoms with Gasteiger partial charge in [-0.1, -0.05) is 26.7 Å². The van der Waals surface area contributed by atoms with E-state index in [1.807, 2.05) is 4.90 Å². The highest BCUT2D eigenvalue weighted by Gasteiger charge is 2.36. The third kappa shape index (κ3) is 3.55. The van der Waals surface area contributed by atoms with Crippen molar-refractivity contribution in [3.05, 3.63) is 23.5 Å². The first-order valence-electron chi connectivity index (χ1n) is 9.62. The van der Waals surface area contributed by atoms with Gasteiger partial charge in [0, 0.05) is 12.0 Å². The molecule has 1 fully saturated rings. The molecule has 0 saturated carbocycles. The van der Waals surface area contributed by atoms with Crippen LogP contribution in [0.15, 0.2) is 12.1 Å². The lowest BCUT2D eigenvalue weighted by molar-refractivity contribution is -0.134. The molecule has 2 aliphatic heterocycles. The fourth-order valence-corrected chi connectivity index (χ4v) is 4.12. The van der Waals surface area contributed by atoms with E-state index in [1.165, 1.54) is 6.07 Å². The number of anilines is 1. The number of rotatable bonds is 6. The smallest absolute Gasteiger partial charge is 0.249 e. The van der Waals surface area contributed by atoms with Crippen LogP contribution in [0.3, 0.4) is 0 Å². The third-order valence-corrected chi connectivity index (χ3v) is 5.28. The molecule has 1 unspecified atom stereocenters. The molecule has 1 aromatic carbocycles. The number of hydrogen-bond donors (Lipinski definition) is 1. The summed E-state index contributed by atoms with van der Waals surface area (Å²) in [6.45, 7) is 5.17. The molecule has 142 valence electrons. The maximum Gasteiger partial charge on any atom is 0.249 e. The molecular weight excluding hydrogens is 335 g/mol. The maximum atomic E-state index is 14.7. The van der Waals surface area contributed by atoms with Crippen molar-refractivity contribution in [1.29, 1.82) is 0 Å². The van der Waals surface area contributed by atoms with Gasteiger partial charge in [0.25, 0.3) is 0 Å². The van der Waals surface area contributed by atoms with Crippen LogP contribution >= 0.6 is 0 Å². The van der Waals surface area contributed by atoms with Crippen LogP contribution in [-0.2, 0) is 9.59 Å². The summed E-state index contributed by atoms with van der Waals surface area (Å²) in [7, 11) is 0. The van der Waals surface area contributed by atoms with E-state index in [0.29, 0.717) is 37.3 Å². The zero-order valence-electron chi connectivity index (χ0n) is 15.5. The van der Waals surface area contributed by atoms with Gasteiger partial charge in [0.15, 0.2) is 0 Å². The molecule has 1 aromatic rings. The first-order chi connectivity index (χ1) is 12.6. The van der Waals surface area contributed by atoms with E-state index in [1.54, 1.807) is 6.07 Å². The number of fused-ring (bicyclic) bond motifs is 1. The van der Waals surface area contributed by atoms with Crippen LogP contribution in [0.2, 0.25) is 0 Å². The number of nitrogens with zero attached hydrogens (tertiary/aromatic N) is 1. The second kappa shape index (κ2) is 8.06. The number of hydrogen-bond acceptors (Lipinski definition) is 4. The van der Waals surface area contributed by atoms with Gasteiger partial charge >= 0.3 is 0 Å². The lowest BCUT2D eigenvalue weighted by atomic mass is 9.88. The lowest BCUT2D eigenvalue weighted by Gasteiger charge is -2.39. The summed E-state index contributed by atoms with van der Waals surface area (Å²) in [6.07, 6.45) is 4.57. The second-order valence-corrected chi connectivity index (χ2v) is 7.09. The van der Waals surface area contributed by atoms with Gasteiger partial charge in [-0.3, -0.25) is 14.9 Å². The van der Waals surface area contributed by atoms with Gasteiger partial charge in [0.1, 0.15) is 24.2 Å². The monoisotopic (exact) mass is 362 g/mol. The molecule has 6 heteroatoms. The van der Waals surface area contributed by atoms with Crippen LogP contribution in [0.1, 0.15) is 63.9 Å². The Kier molecular flexibility index (Phi) is 5.79. The largest absolute Gasteiger partial charge is 0.489 e. The molecule has 2 aliphatic rings. The Bertz CT molecular complexity index is 686. The zero-order valence-corrected chi connectivity index (χ0v) is 15.5. The van der Waals surface area contributed by atoms with Crippen molar-refractivity contribution in [2.75, 3.05) is 18.1 Å². The molecule has 2 amide bonds. The fraction of sp³-hybridized carbons (Fsp3) is 0.600. The predicted molar refractivity (Wildman–Crippen MR) is 98.0 cm³/mol. The first-order valence-corrected chi connectivity index (χ1v) is 9.62. The number of imide groups is 1. The lowest BCUT2D eigenvalue weighted by Crippen LogP contribution is -2.54. The zero-order chi connectivity index (χ0) is 18.7. The van der Waals surface area contributed by atoms with Crippen molar-refractivity contribution >= 4 is 17.5 Å². The predicted octanol–water partition coefficient (Wildman–Crippen LogP) is 3.51. The summed E-state index contributed by atoms with van der Waals surface area (Å²) in [6, 6.07) is 2.77. The Morgan fingerprint density at radius 1 is 1.27 bits per heavy atom. The maximum absolute atomic E-state index is 14.7. The molecule has 1 atom stereocenters. The average molecular weight is 362 g/mol. The van der Waals surface area contributed by atoms with E-state index < -0.39 is 6.04 Å². The standard InChI is InChI=1S/C20H27FN2O3/c1-3-5-13(6-4-2)18-14(21)7-8-15-19(18)26-12-11-23(15)16-9-10-17(24)22-20(16)25/h7-8,13,16H,3-6,9-12H2,1-2H3,(H,22,24,25). The summed E-state index contributed by atoms with van der Waals surface area (Å²) in [5.41, 5.74) is 1.41. The average Bonchev–Trinajstić information content (AvgIpc) is 2.61. The van der Waals surface area contributed by atoms with Crippen molar-refractivity contribution < 1.29 is 18.7 Å². The van der Waals surface area contributed by atoms with Crippen LogP contribution in [0, 0.1) is 5.82 Å². The molecule has 0 bridgehead atoms. The van der Waals surface area contributed by atoms with Crippen LogP contribution in [0.4, 0.5) is 10.1 Å². The third-order valence-electron chi connectivity index (χ3n) is 5.28. The van der Waals surface area contributed by atoms with Gasteiger partial charge < -0.3 is 9.64 Å². The number of ether oxygens (including phenoxy) is 1. The van der Waals surface area contributed by atoms with Gasteiger partial charge in [-0.2, -0.15) is 0 Å². The molecular formula is C20H27FN2O3. The SMILES string of the molecule is CCCC(CCC)c1c(F)ccc2c1OCCN2C1CCC(=O)NC1=O. The van der Waals surface area contributed by atoms with Crippen molar-refractivity contribution in [3.8, 4) is 5.75 Å². The highest BCUT2D eigenvalue weighted by atomic mass is 19.1. The summed E-state index contributed by atoms with van der Waals surface area (Å²) in [5, 5.41) is 2.41. The molecule has 26 heavy (non-hydrogen) atoms. The summed E-state index contributed by atoms with van der Waals surface area (Å²) < 4.78 is 20.7. The first kappa shape index (κ1) is 18.7. The van der Waals surface area contributed by atoms with Crippen LogP contribution in [-0.4, -0.2) is 31.0 Å². The summed E-state index contributed by atoms with van der Waals surface area (Å²) >= 11 is 0. The van der Waals surface area contributed by atoms with Crippen molar-refractivity contribution in [1.82, 2.24) is 5.32 Å². The number of amides is 2. The Hall–Kier alpha value is -2.11. The molecule has 0 aromatic heterocycles. The topological polar surface area (TPSA) is 58.6 Å². The fourth-order valence-electron chi connectivity index (χ4n) is 4.12.